The van der Waals surface area contributed by atoms with E-state index in [2.05, 4.69) is 25.7 Å². The Labute approximate surface area is 125 Å². The van der Waals surface area contributed by atoms with Gasteiger partial charge in [-0.05, 0) is 75.0 Å². The summed E-state index contributed by atoms with van der Waals surface area (Å²) in [6.45, 7) is 7.52. The topological polar surface area (TPSA) is 0 Å². The van der Waals surface area contributed by atoms with E-state index in [1.807, 2.05) is 16.3 Å². The minimum atomic E-state index is -0.943. The first-order valence-electron chi connectivity index (χ1n) is 8.92. The third-order valence-electron chi connectivity index (χ3n) is 6.50. The zero-order chi connectivity index (χ0) is 13.9. The zero-order valence-corrected chi connectivity index (χ0v) is 14.5. The van der Waals surface area contributed by atoms with Gasteiger partial charge in [-0.1, -0.05) is 42.1 Å². The molecule has 0 N–H and O–H groups in total. The fourth-order valence-corrected chi connectivity index (χ4v) is 7.61. The van der Waals surface area contributed by atoms with E-state index in [0.29, 0.717) is 0 Å². The Bertz CT molecular complexity index is 444. The van der Waals surface area contributed by atoms with Crippen LogP contribution in [0.5, 0.6) is 0 Å². The summed E-state index contributed by atoms with van der Waals surface area (Å²) in [5, 5.41) is 1.89. The molecule has 4 bridgehead atoms. The predicted octanol–water partition coefficient (Wildman–Crippen LogP) is 5.73. The Kier molecular flexibility index (Phi) is 3.07. The highest BCUT2D eigenvalue weighted by Gasteiger charge is 2.44. The number of hydrogen-bond acceptors (Lipinski definition) is 0. The summed E-state index contributed by atoms with van der Waals surface area (Å²) in [4.78, 5) is 0. The number of rotatable bonds is 4. The minimum absolute atomic E-state index is 0.943. The summed E-state index contributed by atoms with van der Waals surface area (Å²) in [6.07, 6.45) is 14.6. The molecule has 0 unspecified atom stereocenters. The molecule has 0 heterocycles. The molecule has 0 nitrogen and oxygen atoms in total. The molecule has 110 valence electrons. The molecule has 1 heteroatoms. The molecule has 4 fully saturated rings. The van der Waals surface area contributed by atoms with E-state index in [1.54, 1.807) is 32.1 Å². The maximum absolute atomic E-state index is 2.69. The summed E-state index contributed by atoms with van der Waals surface area (Å²) in [5.74, 6) is 4.24. The van der Waals surface area contributed by atoms with E-state index in [4.69, 9.17) is 0 Å². The summed E-state index contributed by atoms with van der Waals surface area (Å²) in [6, 6.07) is 0. The van der Waals surface area contributed by atoms with Crippen LogP contribution >= 0.6 is 0 Å². The molecule has 0 amide bonds. The first-order chi connectivity index (χ1) is 9.50. The first-order valence-corrected chi connectivity index (χ1v) is 12.4. The van der Waals surface area contributed by atoms with E-state index in [-0.39, 0.29) is 0 Å². The fraction of sp³-hybridized carbons (Fsp3) is 0.789. The lowest BCUT2D eigenvalue weighted by Crippen LogP contribution is -2.40. The second kappa shape index (κ2) is 4.60. The average molecular weight is 287 g/mol. The maximum Gasteiger partial charge on any atom is 0.0728 e. The van der Waals surface area contributed by atoms with Crippen molar-refractivity contribution in [2.75, 3.05) is 0 Å². The highest BCUT2D eigenvalue weighted by atomic mass is 28.3. The van der Waals surface area contributed by atoms with Gasteiger partial charge in [0.05, 0.1) is 8.07 Å². The molecule has 4 saturated carbocycles. The molecule has 0 radical (unpaired) electrons. The molecule has 0 aliphatic heterocycles. The lowest BCUT2D eigenvalue weighted by Gasteiger charge is -2.51. The van der Waals surface area contributed by atoms with Crippen LogP contribution in [0, 0.1) is 23.7 Å². The normalized spacial score (nSPS) is 38.6. The van der Waals surface area contributed by atoms with Gasteiger partial charge in [-0.15, -0.1) is 0 Å². The molecule has 0 aromatic rings. The Morgan fingerprint density at radius 1 is 0.950 bits per heavy atom. The lowest BCUT2D eigenvalue weighted by molar-refractivity contribution is 0.0693. The number of allylic oxidation sites excluding steroid dienone is 4. The van der Waals surface area contributed by atoms with Crippen LogP contribution in [0.2, 0.25) is 19.6 Å². The second-order valence-corrected chi connectivity index (χ2v) is 14.2. The van der Waals surface area contributed by atoms with Crippen LogP contribution in [-0.4, -0.2) is 8.07 Å². The third kappa shape index (κ3) is 2.36. The van der Waals surface area contributed by atoms with Gasteiger partial charge in [0.1, 0.15) is 0 Å². The van der Waals surface area contributed by atoms with Gasteiger partial charge >= 0.3 is 0 Å². The van der Waals surface area contributed by atoms with E-state index < -0.39 is 8.07 Å². The molecule has 5 aliphatic carbocycles. The van der Waals surface area contributed by atoms with Gasteiger partial charge < -0.3 is 0 Å². The summed E-state index contributed by atoms with van der Waals surface area (Å²) in [5.41, 5.74) is 3.75. The SMILES string of the molecule is C[Si](C)(C)C1=C(CCC=C2C3CC4CC(C3)CC2C4)C1. The van der Waals surface area contributed by atoms with Crippen molar-refractivity contribution >= 4 is 8.07 Å². The van der Waals surface area contributed by atoms with Gasteiger partial charge in [0.2, 0.25) is 0 Å². The smallest absolute Gasteiger partial charge is 0.0728 e. The summed E-state index contributed by atoms with van der Waals surface area (Å²) >= 11 is 0. The van der Waals surface area contributed by atoms with Crippen LogP contribution in [0.15, 0.2) is 22.4 Å². The molecular formula is C19H30Si. The van der Waals surface area contributed by atoms with Crippen LogP contribution in [0.3, 0.4) is 0 Å². The monoisotopic (exact) mass is 286 g/mol. The van der Waals surface area contributed by atoms with Crippen molar-refractivity contribution in [3.05, 3.63) is 22.4 Å². The maximum atomic E-state index is 2.69. The van der Waals surface area contributed by atoms with Crippen molar-refractivity contribution < 1.29 is 0 Å². The molecule has 5 rings (SSSR count). The average Bonchev–Trinajstić information content (AvgIpc) is 3.11. The fourth-order valence-electron chi connectivity index (χ4n) is 5.68. The first kappa shape index (κ1) is 13.4. The van der Waals surface area contributed by atoms with Gasteiger partial charge in [0, 0.05) is 0 Å². The van der Waals surface area contributed by atoms with Gasteiger partial charge in [0.15, 0.2) is 0 Å². The highest BCUT2D eigenvalue weighted by molar-refractivity contribution is 6.84. The quantitative estimate of drug-likeness (QED) is 0.457. The molecular weight excluding hydrogens is 256 g/mol. The van der Waals surface area contributed by atoms with Gasteiger partial charge in [-0.2, -0.15) is 0 Å². The Morgan fingerprint density at radius 3 is 2.05 bits per heavy atom. The molecule has 5 aliphatic rings. The van der Waals surface area contributed by atoms with Gasteiger partial charge in [-0.3, -0.25) is 0 Å². The van der Waals surface area contributed by atoms with E-state index in [0.717, 1.165) is 23.7 Å². The molecule has 0 saturated heterocycles. The Balaban J connectivity index is 1.39. The molecule has 20 heavy (non-hydrogen) atoms. The zero-order valence-electron chi connectivity index (χ0n) is 13.5. The molecule has 0 atom stereocenters. The Hall–Kier alpha value is -0.303. The highest BCUT2D eigenvalue weighted by Crippen LogP contribution is 2.56. The summed E-state index contributed by atoms with van der Waals surface area (Å²) < 4.78 is 0. The van der Waals surface area contributed by atoms with Crippen molar-refractivity contribution in [1.82, 2.24) is 0 Å². The van der Waals surface area contributed by atoms with Gasteiger partial charge in [0.25, 0.3) is 0 Å². The van der Waals surface area contributed by atoms with Crippen LogP contribution in [-0.2, 0) is 0 Å². The van der Waals surface area contributed by atoms with E-state index in [1.165, 1.54) is 19.3 Å². The third-order valence-corrected chi connectivity index (χ3v) is 8.85. The Morgan fingerprint density at radius 2 is 1.55 bits per heavy atom. The van der Waals surface area contributed by atoms with Crippen LogP contribution in [0.25, 0.3) is 0 Å². The van der Waals surface area contributed by atoms with Gasteiger partial charge in [-0.25, -0.2) is 0 Å². The van der Waals surface area contributed by atoms with E-state index in [9.17, 15) is 0 Å². The van der Waals surface area contributed by atoms with Crippen molar-refractivity contribution in [3.8, 4) is 0 Å². The van der Waals surface area contributed by atoms with Crippen LogP contribution < -0.4 is 0 Å². The second-order valence-electron chi connectivity index (χ2n) is 9.06. The largest absolute Gasteiger partial charge is 0.0845 e. The lowest BCUT2D eigenvalue weighted by atomic mass is 9.54. The predicted molar refractivity (Wildman–Crippen MR) is 89.4 cm³/mol. The molecule has 0 aromatic carbocycles. The molecule has 0 spiro atoms. The summed E-state index contributed by atoms with van der Waals surface area (Å²) in [7, 11) is -0.943. The standard InChI is InChI=1S/C19H30Si/c1-20(2,3)19-12-15(19)5-4-6-18-16-8-13-7-14(10-16)11-17(18)9-13/h6,13-14,16-17H,4-5,7-12H2,1-3H3. The molecule has 0 aromatic heterocycles. The van der Waals surface area contributed by atoms with Crippen molar-refractivity contribution in [2.24, 2.45) is 23.7 Å². The van der Waals surface area contributed by atoms with Crippen molar-refractivity contribution in [3.63, 3.8) is 0 Å². The minimum Gasteiger partial charge on any atom is -0.0845 e. The van der Waals surface area contributed by atoms with Crippen LogP contribution in [0.1, 0.15) is 51.4 Å². The van der Waals surface area contributed by atoms with Crippen LogP contribution in [0.4, 0.5) is 0 Å². The van der Waals surface area contributed by atoms with Crippen molar-refractivity contribution in [1.29, 1.82) is 0 Å². The van der Waals surface area contributed by atoms with E-state index >= 15 is 0 Å². The van der Waals surface area contributed by atoms with Crippen molar-refractivity contribution in [2.45, 2.75) is 71.0 Å². The number of hydrogen-bond donors (Lipinski definition) is 0.